The molecule has 1 aliphatic carbocycles. The molecule has 0 saturated carbocycles. The normalized spacial score (nSPS) is 15.2. The molecule has 1 atom stereocenters. The van der Waals surface area contributed by atoms with Gasteiger partial charge in [0.25, 0.3) is 0 Å². The van der Waals surface area contributed by atoms with Gasteiger partial charge in [-0.1, -0.05) is 24.3 Å². The number of fused-ring (bicyclic) bond motifs is 1. The minimum atomic E-state index is 0. The van der Waals surface area contributed by atoms with Crippen molar-refractivity contribution < 1.29 is 9.47 Å². The number of nitrogens with zero attached hydrogens (tertiary/aromatic N) is 1. The highest BCUT2D eigenvalue weighted by atomic mass is 127. The molecule has 0 aliphatic heterocycles. The highest BCUT2D eigenvalue weighted by molar-refractivity contribution is 14.0. The van der Waals surface area contributed by atoms with Gasteiger partial charge >= 0.3 is 0 Å². The molecular weight excluding hydrogens is 441 g/mol. The molecule has 2 N–H and O–H groups in total. The van der Waals surface area contributed by atoms with Crippen molar-refractivity contribution >= 4 is 29.9 Å². The first-order valence-electron chi connectivity index (χ1n) is 8.48. The topological polar surface area (TPSA) is 54.9 Å². The second kappa shape index (κ2) is 9.66. The third-order valence-electron chi connectivity index (χ3n) is 4.64. The van der Waals surface area contributed by atoms with Crippen LogP contribution in [0.3, 0.4) is 0 Å². The van der Waals surface area contributed by atoms with Gasteiger partial charge in [-0.25, -0.2) is 0 Å². The number of ether oxygens (including phenoxy) is 2. The predicted octanol–water partition coefficient (Wildman–Crippen LogP) is 3.33. The van der Waals surface area contributed by atoms with E-state index in [9.17, 15) is 0 Å². The number of halogens is 1. The molecule has 140 valence electrons. The molecule has 26 heavy (non-hydrogen) atoms. The van der Waals surface area contributed by atoms with Crippen molar-refractivity contribution in [3.8, 4) is 11.5 Å². The molecule has 1 unspecified atom stereocenters. The summed E-state index contributed by atoms with van der Waals surface area (Å²) in [6.45, 7) is 1.52. The Morgan fingerprint density at radius 1 is 1.12 bits per heavy atom. The Kier molecular flexibility index (Phi) is 7.56. The van der Waals surface area contributed by atoms with E-state index in [1.807, 2.05) is 18.2 Å². The van der Waals surface area contributed by atoms with Crippen molar-refractivity contribution in [2.45, 2.75) is 18.9 Å². The Morgan fingerprint density at radius 2 is 1.92 bits per heavy atom. The summed E-state index contributed by atoms with van der Waals surface area (Å²) in [7, 11) is 5.10. The maximum absolute atomic E-state index is 5.44. The molecule has 5 nitrogen and oxygen atoms in total. The predicted molar refractivity (Wildman–Crippen MR) is 116 cm³/mol. The summed E-state index contributed by atoms with van der Waals surface area (Å²) in [5.74, 6) is 2.94. The zero-order chi connectivity index (χ0) is 17.6. The standard InChI is InChI=1S/C20H25N3O2.HI/c1-21-20(23-13-16-10-14-6-4-5-7-18(14)16)22-12-15-8-9-17(24-2)11-19(15)25-3;/h4-9,11,16H,10,12-13H2,1-3H3,(H2,21,22,23);1H. The van der Waals surface area contributed by atoms with Crippen molar-refractivity contribution in [3.05, 3.63) is 59.2 Å². The fraction of sp³-hybridized carbons (Fsp3) is 0.350. The molecule has 2 aromatic carbocycles. The second-order valence-electron chi connectivity index (χ2n) is 6.08. The number of hydrogen-bond donors (Lipinski definition) is 2. The minimum absolute atomic E-state index is 0. The van der Waals surface area contributed by atoms with Crippen LogP contribution < -0.4 is 20.1 Å². The van der Waals surface area contributed by atoms with Gasteiger partial charge in [-0.15, -0.1) is 24.0 Å². The summed E-state index contributed by atoms with van der Waals surface area (Å²) in [6.07, 6.45) is 1.13. The Hall–Kier alpha value is -1.96. The first-order valence-corrected chi connectivity index (χ1v) is 8.48. The van der Waals surface area contributed by atoms with Crippen molar-refractivity contribution in [2.75, 3.05) is 27.8 Å². The van der Waals surface area contributed by atoms with Gasteiger partial charge in [-0.05, 0) is 29.7 Å². The third-order valence-corrected chi connectivity index (χ3v) is 4.64. The van der Waals surface area contributed by atoms with E-state index in [2.05, 4.69) is 39.9 Å². The lowest BCUT2D eigenvalue weighted by Crippen LogP contribution is -2.40. The molecular formula is C20H26IN3O2. The summed E-state index contributed by atoms with van der Waals surface area (Å²) in [6, 6.07) is 14.4. The quantitative estimate of drug-likeness (QED) is 0.389. The lowest BCUT2D eigenvalue weighted by molar-refractivity contribution is 0.390. The summed E-state index contributed by atoms with van der Waals surface area (Å²) in [5, 5.41) is 6.76. The number of benzene rings is 2. The maximum atomic E-state index is 5.44. The number of nitrogens with one attached hydrogen (secondary N) is 2. The average Bonchev–Trinajstić information content (AvgIpc) is 2.64. The molecule has 1 aliphatic rings. The lowest BCUT2D eigenvalue weighted by atomic mass is 9.78. The van der Waals surface area contributed by atoms with E-state index >= 15 is 0 Å². The molecule has 0 spiro atoms. The minimum Gasteiger partial charge on any atom is -0.497 e. The van der Waals surface area contributed by atoms with Gasteiger partial charge in [0.15, 0.2) is 5.96 Å². The van der Waals surface area contributed by atoms with E-state index in [1.54, 1.807) is 21.3 Å². The summed E-state index contributed by atoms with van der Waals surface area (Å²) >= 11 is 0. The average molecular weight is 467 g/mol. The molecule has 0 amide bonds. The highest BCUT2D eigenvalue weighted by Crippen LogP contribution is 2.33. The first-order chi connectivity index (χ1) is 12.2. The number of aliphatic imine (C=N–C) groups is 1. The van der Waals surface area contributed by atoms with Crippen LogP contribution in [-0.2, 0) is 13.0 Å². The monoisotopic (exact) mass is 467 g/mol. The zero-order valence-corrected chi connectivity index (χ0v) is 17.7. The van der Waals surface area contributed by atoms with E-state index in [4.69, 9.17) is 9.47 Å². The molecule has 0 saturated heterocycles. The van der Waals surface area contributed by atoms with Crippen LogP contribution in [0.2, 0.25) is 0 Å². The molecule has 6 heteroatoms. The summed E-state index contributed by atoms with van der Waals surface area (Å²) in [5.41, 5.74) is 3.96. The van der Waals surface area contributed by atoms with E-state index in [-0.39, 0.29) is 24.0 Å². The van der Waals surface area contributed by atoms with Crippen LogP contribution in [0.1, 0.15) is 22.6 Å². The van der Waals surface area contributed by atoms with Gasteiger partial charge in [0.2, 0.25) is 0 Å². The number of rotatable bonds is 6. The van der Waals surface area contributed by atoms with Gasteiger partial charge in [0, 0.05) is 37.7 Å². The van der Waals surface area contributed by atoms with Gasteiger partial charge < -0.3 is 20.1 Å². The first kappa shape index (κ1) is 20.4. The van der Waals surface area contributed by atoms with Crippen LogP contribution in [-0.4, -0.2) is 33.8 Å². The van der Waals surface area contributed by atoms with Crippen LogP contribution in [0, 0.1) is 0 Å². The van der Waals surface area contributed by atoms with Gasteiger partial charge in [-0.3, -0.25) is 4.99 Å². The largest absolute Gasteiger partial charge is 0.497 e. The second-order valence-corrected chi connectivity index (χ2v) is 6.08. The summed E-state index contributed by atoms with van der Waals surface area (Å²) < 4.78 is 10.7. The Bertz CT molecular complexity index is 764. The lowest BCUT2D eigenvalue weighted by Gasteiger charge is -2.30. The van der Waals surface area contributed by atoms with Crippen LogP contribution in [0.15, 0.2) is 47.5 Å². The molecule has 2 aromatic rings. The molecule has 0 radical (unpaired) electrons. The molecule has 0 fully saturated rings. The Morgan fingerprint density at radius 3 is 2.62 bits per heavy atom. The van der Waals surface area contributed by atoms with Crippen LogP contribution in [0.5, 0.6) is 11.5 Å². The fourth-order valence-corrected chi connectivity index (χ4v) is 3.16. The number of methoxy groups -OCH3 is 2. The molecule has 0 heterocycles. The van der Waals surface area contributed by atoms with Gasteiger partial charge in [0.1, 0.15) is 11.5 Å². The Labute approximate surface area is 172 Å². The smallest absolute Gasteiger partial charge is 0.191 e. The van der Waals surface area contributed by atoms with Crippen LogP contribution in [0.25, 0.3) is 0 Å². The van der Waals surface area contributed by atoms with E-state index in [0.717, 1.165) is 36.0 Å². The van der Waals surface area contributed by atoms with Crippen molar-refractivity contribution in [2.24, 2.45) is 4.99 Å². The number of hydrogen-bond acceptors (Lipinski definition) is 3. The van der Waals surface area contributed by atoms with Gasteiger partial charge in [0.05, 0.1) is 14.2 Å². The van der Waals surface area contributed by atoms with Crippen LogP contribution in [0.4, 0.5) is 0 Å². The number of guanidine groups is 1. The molecule has 0 aromatic heterocycles. The van der Waals surface area contributed by atoms with E-state index < -0.39 is 0 Å². The highest BCUT2D eigenvalue weighted by Gasteiger charge is 2.25. The summed E-state index contributed by atoms with van der Waals surface area (Å²) in [4.78, 5) is 4.31. The molecule has 3 rings (SSSR count). The van der Waals surface area contributed by atoms with Crippen molar-refractivity contribution in [1.82, 2.24) is 10.6 Å². The fourth-order valence-electron chi connectivity index (χ4n) is 3.16. The maximum Gasteiger partial charge on any atom is 0.191 e. The Balaban J connectivity index is 0.00000243. The van der Waals surface area contributed by atoms with E-state index in [0.29, 0.717) is 12.5 Å². The third kappa shape index (κ3) is 4.60. The zero-order valence-electron chi connectivity index (χ0n) is 15.4. The van der Waals surface area contributed by atoms with E-state index in [1.165, 1.54) is 11.1 Å². The SMILES string of the molecule is CN=C(NCc1ccc(OC)cc1OC)NCC1Cc2ccccc21.I. The van der Waals surface area contributed by atoms with Crippen molar-refractivity contribution in [1.29, 1.82) is 0 Å². The molecule has 0 bridgehead atoms. The van der Waals surface area contributed by atoms with Crippen LogP contribution >= 0.6 is 24.0 Å². The van der Waals surface area contributed by atoms with Crippen molar-refractivity contribution in [3.63, 3.8) is 0 Å². The van der Waals surface area contributed by atoms with Gasteiger partial charge in [-0.2, -0.15) is 0 Å².